The summed E-state index contributed by atoms with van der Waals surface area (Å²) < 4.78 is 5.43. The van der Waals surface area contributed by atoms with Gasteiger partial charge in [0.2, 0.25) is 0 Å². The lowest BCUT2D eigenvalue weighted by Gasteiger charge is -2.31. The Kier molecular flexibility index (Phi) is 4.73. The lowest BCUT2D eigenvalue weighted by molar-refractivity contribution is -0.00138. The van der Waals surface area contributed by atoms with Crippen molar-refractivity contribution in [3.05, 3.63) is 28.8 Å². The van der Waals surface area contributed by atoms with E-state index in [4.69, 9.17) is 16.3 Å². The van der Waals surface area contributed by atoms with Gasteiger partial charge in [-0.2, -0.15) is 0 Å². The number of morpholine rings is 1. The quantitative estimate of drug-likeness (QED) is 0.890. The van der Waals surface area contributed by atoms with E-state index in [-0.39, 0.29) is 24.1 Å². The molecule has 1 aliphatic heterocycles. The van der Waals surface area contributed by atoms with Gasteiger partial charge in [0.25, 0.3) is 5.91 Å². The second-order valence-corrected chi connectivity index (χ2v) is 6.41. The minimum absolute atomic E-state index is 0.0274. The van der Waals surface area contributed by atoms with Crippen LogP contribution in [0.2, 0.25) is 5.02 Å². The molecule has 7 heteroatoms. The first-order valence-electron chi connectivity index (χ1n) is 7.81. The van der Waals surface area contributed by atoms with Crippen LogP contribution in [0.5, 0.6) is 0 Å². The molecule has 3 rings (SSSR count). The standard InChI is InChI=1S/C16H20ClN3O3/c1-10-9-20(6-7-23-10)16(22)19-12-4-5-14(17)13(8-12)15(21)18-11-2-3-11/h4-5,8,10-11H,2-3,6-7,9H2,1H3,(H,18,21)(H,19,22)/t10-/m1/s1. The summed E-state index contributed by atoms with van der Waals surface area (Å²) in [5.74, 6) is -0.200. The van der Waals surface area contributed by atoms with Crippen molar-refractivity contribution >= 4 is 29.2 Å². The number of carbonyl (C=O) groups is 2. The Labute approximate surface area is 140 Å². The van der Waals surface area contributed by atoms with Crippen molar-refractivity contribution in [3.8, 4) is 0 Å². The fourth-order valence-electron chi connectivity index (χ4n) is 2.47. The molecule has 23 heavy (non-hydrogen) atoms. The van der Waals surface area contributed by atoms with Gasteiger partial charge < -0.3 is 20.3 Å². The maximum Gasteiger partial charge on any atom is 0.322 e. The number of hydrogen-bond donors (Lipinski definition) is 2. The van der Waals surface area contributed by atoms with E-state index < -0.39 is 0 Å². The van der Waals surface area contributed by atoms with Gasteiger partial charge >= 0.3 is 6.03 Å². The van der Waals surface area contributed by atoms with Crippen molar-refractivity contribution < 1.29 is 14.3 Å². The van der Waals surface area contributed by atoms with Crippen molar-refractivity contribution in [2.24, 2.45) is 0 Å². The molecule has 2 fully saturated rings. The van der Waals surface area contributed by atoms with Crippen molar-refractivity contribution in [2.75, 3.05) is 25.0 Å². The zero-order valence-electron chi connectivity index (χ0n) is 13.0. The molecule has 1 heterocycles. The van der Waals surface area contributed by atoms with Gasteiger partial charge in [-0.1, -0.05) is 11.6 Å². The summed E-state index contributed by atoms with van der Waals surface area (Å²) in [6.07, 6.45) is 2.05. The number of halogens is 1. The van der Waals surface area contributed by atoms with Gasteiger partial charge in [-0.3, -0.25) is 4.79 Å². The molecule has 1 aromatic carbocycles. The third-order valence-electron chi connectivity index (χ3n) is 3.90. The molecule has 0 spiro atoms. The smallest absolute Gasteiger partial charge is 0.322 e. The molecular weight excluding hydrogens is 318 g/mol. The van der Waals surface area contributed by atoms with Crippen molar-refractivity contribution in [2.45, 2.75) is 31.9 Å². The molecule has 2 aliphatic rings. The Balaban J connectivity index is 1.67. The first kappa shape index (κ1) is 16.1. The van der Waals surface area contributed by atoms with Gasteiger partial charge in [-0.25, -0.2) is 4.79 Å². The molecule has 1 aromatic rings. The topological polar surface area (TPSA) is 70.7 Å². The van der Waals surface area contributed by atoms with Crippen LogP contribution in [0.25, 0.3) is 0 Å². The highest BCUT2D eigenvalue weighted by Crippen LogP contribution is 2.24. The number of nitrogens with zero attached hydrogens (tertiary/aromatic N) is 1. The molecular formula is C16H20ClN3O3. The summed E-state index contributed by atoms with van der Waals surface area (Å²) in [5, 5.41) is 6.09. The average molecular weight is 338 g/mol. The molecule has 0 unspecified atom stereocenters. The van der Waals surface area contributed by atoms with Crippen LogP contribution in [-0.4, -0.2) is 48.7 Å². The summed E-state index contributed by atoms with van der Waals surface area (Å²) in [4.78, 5) is 26.2. The summed E-state index contributed by atoms with van der Waals surface area (Å²) in [6.45, 7) is 3.57. The van der Waals surface area contributed by atoms with E-state index in [9.17, 15) is 9.59 Å². The number of nitrogens with one attached hydrogen (secondary N) is 2. The van der Waals surface area contributed by atoms with E-state index >= 15 is 0 Å². The van der Waals surface area contributed by atoms with Crippen LogP contribution in [0.15, 0.2) is 18.2 Å². The van der Waals surface area contributed by atoms with Crippen molar-refractivity contribution in [1.82, 2.24) is 10.2 Å². The van der Waals surface area contributed by atoms with Crippen LogP contribution in [-0.2, 0) is 4.74 Å². The summed E-state index contributed by atoms with van der Waals surface area (Å²) >= 11 is 6.10. The highest BCUT2D eigenvalue weighted by molar-refractivity contribution is 6.34. The second-order valence-electron chi connectivity index (χ2n) is 6.00. The molecule has 0 radical (unpaired) electrons. The number of carbonyl (C=O) groups excluding carboxylic acids is 2. The van der Waals surface area contributed by atoms with Gasteiger partial charge in [-0.15, -0.1) is 0 Å². The molecule has 0 bridgehead atoms. The normalized spacial score (nSPS) is 21.0. The average Bonchev–Trinajstić information content (AvgIpc) is 3.33. The van der Waals surface area contributed by atoms with E-state index in [0.29, 0.717) is 36.0 Å². The lowest BCUT2D eigenvalue weighted by Crippen LogP contribution is -2.46. The zero-order valence-corrected chi connectivity index (χ0v) is 13.7. The Morgan fingerprint density at radius 1 is 1.35 bits per heavy atom. The second kappa shape index (κ2) is 6.76. The van der Waals surface area contributed by atoms with Gasteiger partial charge in [-0.05, 0) is 38.0 Å². The Hall–Kier alpha value is -1.79. The molecule has 1 saturated carbocycles. The van der Waals surface area contributed by atoms with Crippen LogP contribution in [0, 0.1) is 0 Å². The van der Waals surface area contributed by atoms with E-state index in [1.165, 1.54) is 0 Å². The number of anilines is 1. The molecule has 6 nitrogen and oxygen atoms in total. The maximum absolute atomic E-state index is 12.3. The third kappa shape index (κ3) is 4.14. The highest BCUT2D eigenvalue weighted by atomic mass is 35.5. The molecule has 0 aromatic heterocycles. The SMILES string of the molecule is C[C@@H]1CN(C(=O)Nc2ccc(Cl)c(C(=O)NC3CC3)c2)CCO1. The molecule has 1 saturated heterocycles. The number of benzene rings is 1. The number of hydrogen-bond acceptors (Lipinski definition) is 3. The summed E-state index contributed by atoms with van der Waals surface area (Å²) in [7, 11) is 0. The van der Waals surface area contributed by atoms with E-state index in [1.807, 2.05) is 6.92 Å². The van der Waals surface area contributed by atoms with Gasteiger partial charge in [0.1, 0.15) is 0 Å². The van der Waals surface area contributed by atoms with Crippen LogP contribution >= 0.6 is 11.6 Å². The first-order chi connectivity index (χ1) is 11.0. The molecule has 1 atom stereocenters. The number of rotatable bonds is 3. The van der Waals surface area contributed by atoms with Crippen molar-refractivity contribution in [3.63, 3.8) is 0 Å². The monoisotopic (exact) mass is 337 g/mol. The van der Waals surface area contributed by atoms with Crippen LogP contribution < -0.4 is 10.6 Å². The summed E-state index contributed by atoms with van der Waals surface area (Å²) in [6, 6.07) is 4.99. The van der Waals surface area contributed by atoms with Crippen LogP contribution in [0.4, 0.5) is 10.5 Å². The number of amides is 3. The Morgan fingerprint density at radius 2 is 2.13 bits per heavy atom. The fraction of sp³-hybridized carbons (Fsp3) is 0.500. The minimum Gasteiger partial charge on any atom is -0.375 e. The molecule has 124 valence electrons. The predicted molar refractivity (Wildman–Crippen MR) is 87.9 cm³/mol. The van der Waals surface area contributed by atoms with Gasteiger partial charge in [0.05, 0.1) is 23.3 Å². The largest absolute Gasteiger partial charge is 0.375 e. The maximum atomic E-state index is 12.3. The molecule has 1 aliphatic carbocycles. The first-order valence-corrected chi connectivity index (χ1v) is 8.18. The summed E-state index contributed by atoms with van der Waals surface area (Å²) in [5.41, 5.74) is 0.936. The number of ether oxygens (including phenoxy) is 1. The van der Waals surface area contributed by atoms with Crippen molar-refractivity contribution in [1.29, 1.82) is 0 Å². The molecule has 3 amide bonds. The zero-order chi connectivity index (χ0) is 16.4. The van der Waals surface area contributed by atoms with Gasteiger partial charge in [0.15, 0.2) is 0 Å². The predicted octanol–water partition coefficient (Wildman–Crippen LogP) is 2.48. The van der Waals surface area contributed by atoms with Crippen LogP contribution in [0.1, 0.15) is 30.1 Å². The number of urea groups is 1. The Morgan fingerprint density at radius 3 is 2.83 bits per heavy atom. The van der Waals surface area contributed by atoms with E-state index in [0.717, 1.165) is 12.8 Å². The third-order valence-corrected chi connectivity index (χ3v) is 4.23. The van der Waals surface area contributed by atoms with E-state index in [1.54, 1.807) is 23.1 Å². The lowest BCUT2D eigenvalue weighted by atomic mass is 10.2. The Bertz CT molecular complexity index is 619. The highest BCUT2D eigenvalue weighted by Gasteiger charge is 2.25. The fourth-order valence-corrected chi connectivity index (χ4v) is 2.68. The minimum atomic E-state index is -0.200. The van der Waals surface area contributed by atoms with Gasteiger partial charge in [0, 0.05) is 24.8 Å². The van der Waals surface area contributed by atoms with Crippen LogP contribution in [0.3, 0.4) is 0 Å². The van der Waals surface area contributed by atoms with E-state index in [2.05, 4.69) is 10.6 Å². The molecule has 2 N–H and O–H groups in total.